The Kier molecular flexibility index (Phi) is 3.82. The SMILES string of the molecule is CC1(C)CCSC(=NCc2ccc(Cl)s2)N1. The molecule has 0 aromatic carbocycles. The van der Waals surface area contributed by atoms with Gasteiger partial charge in [-0.2, -0.15) is 0 Å². The van der Waals surface area contributed by atoms with Gasteiger partial charge in [-0.3, -0.25) is 4.99 Å². The summed E-state index contributed by atoms with van der Waals surface area (Å²) in [6.07, 6.45) is 1.18. The van der Waals surface area contributed by atoms with Gasteiger partial charge in [0.15, 0.2) is 5.17 Å². The average Bonchev–Trinajstić information content (AvgIpc) is 2.60. The highest BCUT2D eigenvalue weighted by Gasteiger charge is 2.23. The van der Waals surface area contributed by atoms with Gasteiger partial charge in [0.1, 0.15) is 0 Å². The van der Waals surface area contributed by atoms with Crippen LogP contribution in [0.1, 0.15) is 25.1 Å². The van der Waals surface area contributed by atoms with Crippen LogP contribution in [0.5, 0.6) is 0 Å². The molecule has 5 heteroatoms. The minimum Gasteiger partial charge on any atom is -0.360 e. The number of rotatable bonds is 2. The van der Waals surface area contributed by atoms with Gasteiger partial charge in [0.05, 0.1) is 10.9 Å². The standard InChI is InChI=1S/C11H15ClN2S2/c1-11(2)5-6-15-10(14-11)13-7-8-3-4-9(12)16-8/h3-4H,5-7H2,1-2H3,(H,13,14). The number of nitrogens with zero attached hydrogens (tertiary/aromatic N) is 1. The normalized spacial score (nSPS) is 22.1. The molecule has 2 nitrogen and oxygen atoms in total. The molecule has 1 aromatic rings. The van der Waals surface area contributed by atoms with Crippen LogP contribution in [0.15, 0.2) is 17.1 Å². The fourth-order valence-electron chi connectivity index (χ4n) is 1.46. The molecule has 2 heterocycles. The monoisotopic (exact) mass is 274 g/mol. The van der Waals surface area contributed by atoms with Crippen LogP contribution in [-0.4, -0.2) is 16.5 Å². The summed E-state index contributed by atoms with van der Waals surface area (Å²) in [7, 11) is 0. The molecule has 1 fully saturated rings. The zero-order valence-corrected chi connectivity index (χ0v) is 11.8. The third-order valence-corrected chi connectivity index (χ3v) is 4.55. The Hall–Kier alpha value is -0.190. The zero-order valence-electron chi connectivity index (χ0n) is 9.42. The van der Waals surface area contributed by atoms with Gasteiger partial charge in [-0.1, -0.05) is 23.4 Å². The smallest absolute Gasteiger partial charge is 0.157 e. The van der Waals surface area contributed by atoms with Crippen LogP contribution in [0.25, 0.3) is 0 Å². The molecule has 2 rings (SSSR count). The highest BCUT2D eigenvalue weighted by molar-refractivity contribution is 8.13. The summed E-state index contributed by atoms with van der Waals surface area (Å²) in [5.74, 6) is 1.14. The number of hydrogen-bond acceptors (Lipinski definition) is 3. The van der Waals surface area contributed by atoms with Crippen molar-refractivity contribution in [1.82, 2.24) is 5.32 Å². The lowest BCUT2D eigenvalue weighted by Gasteiger charge is -2.32. The number of halogens is 1. The first-order valence-corrected chi connectivity index (χ1v) is 7.43. The topological polar surface area (TPSA) is 24.4 Å². The molecule has 0 spiro atoms. The Bertz CT molecular complexity index is 398. The molecule has 1 saturated heterocycles. The molecule has 0 saturated carbocycles. The van der Waals surface area contributed by atoms with Gasteiger partial charge in [0, 0.05) is 16.2 Å². The molecular weight excluding hydrogens is 260 g/mol. The second-order valence-electron chi connectivity index (χ2n) is 4.43. The van der Waals surface area contributed by atoms with Gasteiger partial charge < -0.3 is 5.32 Å². The highest BCUT2D eigenvalue weighted by Crippen LogP contribution is 2.24. The molecule has 1 N–H and O–H groups in total. The summed E-state index contributed by atoms with van der Waals surface area (Å²) in [4.78, 5) is 5.79. The van der Waals surface area contributed by atoms with E-state index in [1.54, 1.807) is 23.1 Å². The molecule has 1 aliphatic rings. The van der Waals surface area contributed by atoms with E-state index in [1.165, 1.54) is 11.3 Å². The molecule has 16 heavy (non-hydrogen) atoms. The predicted octanol–water partition coefficient (Wildman–Crippen LogP) is 3.76. The van der Waals surface area contributed by atoms with Gasteiger partial charge in [-0.05, 0) is 32.4 Å². The Balaban J connectivity index is 1.97. The lowest BCUT2D eigenvalue weighted by molar-refractivity contribution is 0.446. The summed E-state index contributed by atoms with van der Waals surface area (Å²) in [6.45, 7) is 5.15. The van der Waals surface area contributed by atoms with E-state index in [9.17, 15) is 0 Å². The Morgan fingerprint density at radius 1 is 1.50 bits per heavy atom. The second kappa shape index (κ2) is 4.98. The molecule has 0 bridgehead atoms. The first kappa shape index (κ1) is 12.3. The van der Waals surface area contributed by atoms with Crippen LogP contribution < -0.4 is 5.32 Å². The van der Waals surface area contributed by atoms with E-state index < -0.39 is 0 Å². The van der Waals surface area contributed by atoms with Crippen LogP contribution >= 0.6 is 34.7 Å². The van der Waals surface area contributed by atoms with E-state index in [2.05, 4.69) is 24.2 Å². The molecule has 0 unspecified atom stereocenters. The Labute approximate surface area is 109 Å². The Morgan fingerprint density at radius 3 is 2.94 bits per heavy atom. The maximum Gasteiger partial charge on any atom is 0.157 e. The van der Waals surface area contributed by atoms with Crippen LogP contribution in [-0.2, 0) is 6.54 Å². The van der Waals surface area contributed by atoms with Crippen LogP contribution in [0, 0.1) is 0 Å². The van der Waals surface area contributed by atoms with Gasteiger partial charge in [0.2, 0.25) is 0 Å². The minimum absolute atomic E-state index is 0.178. The molecule has 0 atom stereocenters. The third kappa shape index (κ3) is 3.40. The van der Waals surface area contributed by atoms with Crippen molar-refractivity contribution in [2.75, 3.05) is 5.75 Å². The van der Waals surface area contributed by atoms with Crippen molar-refractivity contribution in [1.29, 1.82) is 0 Å². The molecule has 1 aromatic heterocycles. The largest absolute Gasteiger partial charge is 0.360 e. The van der Waals surface area contributed by atoms with Crippen molar-refractivity contribution >= 4 is 39.9 Å². The van der Waals surface area contributed by atoms with Gasteiger partial charge >= 0.3 is 0 Å². The van der Waals surface area contributed by atoms with Crippen LogP contribution in [0.2, 0.25) is 4.34 Å². The molecule has 1 aliphatic heterocycles. The van der Waals surface area contributed by atoms with Crippen molar-refractivity contribution in [3.05, 3.63) is 21.3 Å². The van der Waals surface area contributed by atoms with Crippen LogP contribution in [0.4, 0.5) is 0 Å². The number of aliphatic imine (C=N–C) groups is 1. The van der Waals surface area contributed by atoms with E-state index in [4.69, 9.17) is 11.6 Å². The first-order valence-electron chi connectivity index (χ1n) is 5.25. The van der Waals surface area contributed by atoms with Crippen molar-refractivity contribution in [2.24, 2.45) is 4.99 Å². The number of nitrogens with one attached hydrogen (secondary N) is 1. The summed E-state index contributed by atoms with van der Waals surface area (Å²) in [5.41, 5.74) is 0.178. The van der Waals surface area contributed by atoms with Gasteiger partial charge in [-0.15, -0.1) is 11.3 Å². The van der Waals surface area contributed by atoms with Gasteiger partial charge in [0.25, 0.3) is 0 Å². The van der Waals surface area contributed by atoms with Crippen molar-refractivity contribution in [3.63, 3.8) is 0 Å². The maximum atomic E-state index is 5.88. The van der Waals surface area contributed by atoms with E-state index in [0.29, 0.717) is 0 Å². The van der Waals surface area contributed by atoms with Gasteiger partial charge in [-0.25, -0.2) is 0 Å². The van der Waals surface area contributed by atoms with E-state index >= 15 is 0 Å². The van der Waals surface area contributed by atoms with E-state index in [-0.39, 0.29) is 5.54 Å². The average molecular weight is 275 g/mol. The molecule has 0 aliphatic carbocycles. The first-order chi connectivity index (χ1) is 7.55. The predicted molar refractivity (Wildman–Crippen MR) is 74.8 cm³/mol. The van der Waals surface area contributed by atoms with Crippen molar-refractivity contribution in [2.45, 2.75) is 32.4 Å². The quantitative estimate of drug-likeness (QED) is 0.888. The summed E-state index contributed by atoms with van der Waals surface area (Å²) in [5, 5.41) is 4.51. The second-order valence-corrected chi connectivity index (χ2v) is 7.32. The number of amidine groups is 1. The fourth-order valence-corrected chi connectivity index (χ4v) is 3.78. The summed E-state index contributed by atoms with van der Waals surface area (Å²) < 4.78 is 0.833. The molecular formula is C11H15ClN2S2. The molecule has 0 amide bonds. The number of thioether (sulfide) groups is 1. The van der Waals surface area contributed by atoms with Crippen LogP contribution in [0.3, 0.4) is 0 Å². The highest BCUT2D eigenvalue weighted by atomic mass is 35.5. The van der Waals surface area contributed by atoms with E-state index in [1.807, 2.05) is 12.1 Å². The molecule has 0 radical (unpaired) electrons. The number of thiophene rings is 1. The summed E-state index contributed by atoms with van der Waals surface area (Å²) >= 11 is 9.28. The lowest BCUT2D eigenvalue weighted by atomic mass is 10.0. The third-order valence-electron chi connectivity index (χ3n) is 2.42. The van der Waals surface area contributed by atoms with Crippen molar-refractivity contribution < 1.29 is 0 Å². The summed E-state index contributed by atoms with van der Waals surface area (Å²) in [6, 6.07) is 3.96. The fraction of sp³-hybridized carbons (Fsp3) is 0.545. The van der Waals surface area contributed by atoms with E-state index in [0.717, 1.165) is 21.8 Å². The molecule has 88 valence electrons. The maximum absolute atomic E-state index is 5.88. The number of hydrogen-bond donors (Lipinski definition) is 1. The van der Waals surface area contributed by atoms with Crippen molar-refractivity contribution in [3.8, 4) is 0 Å². The lowest BCUT2D eigenvalue weighted by Crippen LogP contribution is -2.46. The minimum atomic E-state index is 0.178. The Morgan fingerprint density at radius 2 is 2.31 bits per heavy atom. The zero-order chi connectivity index (χ0) is 11.6.